The minimum absolute atomic E-state index is 0.126. The highest BCUT2D eigenvalue weighted by molar-refractivity contribution is 7.13. The second kappa shape index (κ2) is 4.72. The third-order valence-electron chi connectivity index (χ3n) is 2.79. The summed E-state index contributed by atoms with van der Waals surface area (Å²) in [5.74, 6) is -0.126. The van der Waals surface area contributed by atoms with E-state index in [1.165, 1.54) is 11.3 Å². The Morgan fingerprint density at radius 1 is 1.71 bits per heavy atom. The van der Waals surface area contributed by atoms with Crippen molar-refractivity contribution in [2.45, 2.75) is 19.4 Å². The Morgan fingerprint density at radius 3 is 3.06 bits per heavy atom. The molecule has 2 heterocycles. The van der Waals surface area contributed by atoms with Crippen molar-refractivity contribution in [3.05, 3.63) is 11.1 Å². The van der Waals surface area contributed by atoms with E-state index in [-0.39, 0.29) is 5.91 Å². The van der Waals surface area contributed by atoms with Crippen LogP contribution in [-0.2, 0) is 9.53 Å². The summed E-state index contributed by atoms with van der Waals surface area (Å²) in [7, 11) is 1.99. The molecule has 1 fully saturated rings. The summed E-state index contributed by atoms with van der Waals surface area (Å²) in [5.41, 5.74) is 0.129. The van der Waals surface area contributed by atoms with E-state index >= 15 is 0 Å². The molecule has 1 saturated heterocycles. The number of anilines is 1. The fourth-order valence-corrected chi connectivity index (χ4v) is 2.53. The monoisotopic (exact) mass is 255 g/mol. The van der Waals surface area contributed by atoms with Crippen LogP contribution in [0.5, 0.6) is 0 Å². The average Bonchev–Trinajstić information content (AvgIpc) is 2.63. The number of nitrogens with zero attached hydrogens (tertiary/aromatic N) is 2. The Morgan fingerprint density at radius 2 is 2.47 bits per heavy atom. The molecule has 0 saturated carbocycles. The van der Waals surface area contributed by atoms with Crippen molar-refractivity contribution in [3.63, 3.8) is 0 Å². The first kappa shape index (κ1) is 12.5. The number of carbonyl (C=O) groups is 1. The third kappa shape index (κ3) is 2.83. The molecule has 1 aliphatic heterocycles. The highest BCUT2D eigenvalue weighted by Gasteiger charge is 2.38. The van der Waals surface area contributed by atoms with Crippen LogP contribution >= 0.6 is 11.3 Å². The lowest BCUT2D eigenvalue weighted by molar-refractivity contribution is -0.149. The van der Waals surface area contributed by atoms with E-state index in [1.54, 1.807) is 0 Å². The van der Waals surface area contributed by atoms with Crippen LogP contribution in [-0.4, -0.2) is 48.1 Å². The second-order valence-electron chi connectivity index (χ2n) is 4.57. The number of nitrogens with one attached hydrogen (secondary N) is 1. The van der Waals surface area contributed by atoms with Crippen molar-refractivity contribution in [3.8, 4) is 0 Å². The van der Waals surface area contributed by atoms with Gasteiger partial charge in [0.2, 0.25) is 0 Å². The van der Waals surface area contributed by atoms with Crippen molar-refractivity contribution < 1.29 is 9.53 Å². The van der Waals surface area contributed by atoms with Crippen molar-refractivity contribution in [1.82, 2.24) is 9.88 Å². The summed E-state index contributed by atoms with van der Waals surface area (Å²) in [6.07, 6.45) is 0. The molecule has 5 nitrogen and oxygen atoms in total. The first-order chi connectivity index (χ1) is 7.99. The highest BCUT2D eigenvalue weighted by Crippen LogP contribution is 2.21. The molecule has 0 aliphatic carbocycles. The van der Waals surface area contributed by atoms with Gasteiger partial charge >= 0.3 is 0 Å². The SMILES string of the molecule is Cc1csc(NC(=O)C2(C)CN(C)CCO2)n1. The van der Waals surface area contributed by atoms with Gasteiger partial charge in [0, 0.05) is 18.5 Å². The zero-order chi connectivity index (χ0) is 12.5. The molecular weight excluding hydrogens is 238 g/mol. The minimum Gasteiger partial charge on any atom is -0.363 e. The van der Waals surface area contributed by atoms with E-state index in [0.29, 0.717) is 18.3 Å². The summed E-state index contributed by atoms with van der Waals surface area (Å²) in [5, 5.41) is 5.35. The van der Waals surface area contributed by atoms with Gasteiger partial charge in [0.15, 0.2) is 10.7 Å². The van der Waals surface area contributed by atoms with Crippen LogP contribution in [0.3, 0.4) is 0 Å². The standard InChI is InChI=1S/C11H17N3O2S/c1-8-6-17-10(12-8)13-9(15)11(2)7-14(3)4-5-16-11/h6H,4-5,7H2,1-3H3,(H,12,13,15). The second-order valence-corrected chi connectivity index (χ2v) is 5.42. The number of carbonyl (C=O) groups excluding carboxylic acids is 1. The van der Waals surface area contributed by atoms with E-state index in [2.05, 4.69) is 15.2 Å². The molecular formula is C11H17N3O2S. The number of aromatic nitrogens is 1. The predicted molar refractivity (Wildman–Crippen MR) is 67.3 cm³/mol. The number of amides is 1. The number of morpholine rings is 1. The lowest BCUT2D eigenvalue weighted by Crippen LogP contribution is -2.55. The maximum atomic E-state index is 12.1. The zero-order valence-electron chi connectivity index (χ0n) is 10.3. The molecule has 0 spiro atoms. The molecule has 0 bridgehead atoms. The number of ether oxygens (including phenoxy) is 1. The zero-order valence-corrected chi connectivity index (χ0v) is 11.1. The van der Waals surface area contributed by atoms with Gasteiger partial charge in [-0.3, -0.25) is 10.1 Å². The lowest BCUT2D eigenvalue weighted by Gasteiger charge is -2.37. The molecule has 1 N–H and O–H groups in total. The molecule has 1 amide bonds. The Balaban J connectivity index is 2.03. The number of rotatable bonds is 2. The normalized spacial score (nSPS) is 25.8. The molecule has 0 aromatic carbocycles. The quantitative estimate of drug-likeness (QED) is 0.860. The summed E-state index contributed by atoms with van der Waals surface area (Å²) in [6.45, 7) is 5.76. The van der Waals surface area contributed by atoms with E-state index < -0.39 is 5.60 Å². The molecule has 1 atom stereocenters. The Hall–Kier alpha value is -0.980. The molecule has 1 aromatic heterocycles. The van der Waals surface area contributed by atoms with Gasteiger partial charge in [0.1, 0.15) is 0 Å². The van der Waals surface area contributed by atoms with Crippen molar-refractivity contribution in [2.24, 2.45) is 0 Å². The van der Waals surface area contributed by atoms with E-state index in [0.717, 1.165) is 12.2 Å². The molecule has 2 rings (SSSR count). The van der Waals surface area contributed by atoms with Crippen LogP contribution in [0.2, 0.25) is 0 Å². The van der Waals surface area contributed by atoms with Gasteiger partial charge in [-0.25, -0.2) is 4.98 Å². The first-order valence-corrected chi connectivity index (χ1v) is 6.44. The van der Waals surface area contributed by atoms with Crippen LogP contribution in [0, 0.1) is 6.92 Å². The van der Waals surface area contributed by atoms with Gasteiger partial charge in [-0.1, -0.05) is 0 Å². The molecule has 6 heteroatoms. The summed E-state index contributed by atoms with van der Waals surface area (Å²) < 4.78 is 5.60. The summed E-state index contributed by atoms with van der Waals surface area (Å²) in [6, 6.07) is 0. The molecule has 94 valence electrons. The Labute approximate surface area is 105 Å². The Bertz CT molecular complexity index is 421. The topological polar surface area (TPSA) is 54.5 Å². The molecule has 17 heavy (non-hydrogen) atoms. The van der Waals surface area contributed by atoms with Gasteiger partial charge in [-0.2, -0.15) is 0 Å². The highest BCUT2D eigenvalue weighted by atomic mass is 32.1. The number of thiazole rings is 1. The van der Waals surface area contributed by atoms with Crippen LogP contribution in [0.15, 0.2) is 5.38 Å². The van der Waals surface area contributed by atoms with Crippen LogP contribution in [0.1, 0.15) is 12.6 Å². The maximum Gasteiger partial charge on any atom is 0.259 e. The van der Waals surface area contributed by atoms with Gasteiger partial charge in [-0.05, 0) is 20.9 Å². The Kier molecular flexibility index (Phi) is 3.46. The average molecular weight is 255 g/mol. The molecule has 1 unspecified atom stereocenters. The van der Waals surface area contributed by atoms with Crippen molar-refractivity contribution >= 4 is 22.4 Å². The van der Waals surface area contributed by atoms with Crippen molar-refractivity contribution in [2.75, 3.05) is 32.1 Å². The van der Waals surface area contributed by atoms with Crippen LogP contribution in [0.4, 0.5) is 5.13 Å². The van der Waals surface area contributed by atoms with E-state index in [9.17, 15) is 4.79 Å². The molecule has 0 radical (unpaired) electrons. The van der Waals surface area contributed by atoms with Crippen LogP contribution < -0.4 is 5.32 Å². The summed E-state index contributed by atoms with van der Waals surface area (Å²) >= 11 is 1.43. The third-order valence-corrected chi connectivity index (χ3v) is 3.66. The number of hydrogen-bond donors (Lipinski definition) is 1. The summed E-state index contributed by atoms with van der Waals surface area (Å²) in [4.78, 5) is 18.5. The molecule has 1 aliphatic rings. The minimum atomic E-state index is -0.785. The van der Waals surface area contributed by atoms with E-state index in [4.69, 9.17) is 4.74 Å². The fraction of sp³-hybridized carbons (Fsp3) is 0.636. The fourth-order valence-electron chi connectivity index (χ4n) is 1.84. The number of aryl methyl sites for hydroxylation is 1. The van der Waals surface area contributed by atoms with Gasteiger partial charge < -0.3 is 9.64 Å². The lowest BCUT2D eigenvalue weighted by atomic mass is 10.0. The van der Waals surface area contributed by atoms with Gasteiger partial charge in [0.25, 0.3) is 5.91 Å². The first-order valence-electron chi connectivity index (χ1n) is 5.56. The molecule has 1 aromatic rings. The smallest absolute Gasteiger partial charge is 0.259 e. The van der Waals surface area contributed by atoms with Gasteiger partial charge in [0.05, 0.1) is 12.3 Å². The van der Waals surface area contributed by atoms with E-state index in [1.807, 2.05) is 26.3 Å². The number of likely N-dealkylation sites (N-methyl/N-ethyl adjacent to an activating group) is 1. The van der Waals surface area contributed by atoms with Gasteiger partial charge in [-0.15, -0.1) is 11.3 Å². The van der Waals surface area contributed by atoms with Crippen LogP contribution in [0.25, 0.3) is 0 Å². The predicted octanol–water partition coefficient (Wildman–Crippen LogP) is 1.11. The number of hydrogen-bond acceptors (Lipinski definition) is 5. The maximum absolute atomic E-state index is 12.1. The largest absolute Gasteiger partial charge is 0.363 e. The van der Waals surface area contributed by atoms with Crippen molar-refractivity contribution in [1.29, 1.82) is 0 Å².